The van der Waals surface area contributed by atoms with Gasteiger partial charge in [-0.1, -0.05) is 20.3 Å². The van der Waals surface area contributed by atoms with E-state index in [0.29, 0.717) is 19.4 Å². The minimum absolute atomic E-state index is 0.0641. The average Bonchev–Trinajstić information content (AvgIpc) is 2.75. The van der Waals surface area contributed by atoms with Crippen LogP contribution in [0.25, 0.3) is 0 Å². The Morgan fingerprint density at radius 1 is 0.912 bits per heavy atom. The van der Waals surface area contributed by atoms with Gasteiger partial charge in [-0.15, -0.1) is 0 Å². The second-order valence-corrected chi connectivity index (χ2v) is 8.06. The molecule has 34 heavy (non-hydrogen) atoms. The lowest BCUT2D eigenvalue weighted by Crippen LogP contribution is -2.58. The molecule has 0 saturated heterocycles. The Labute approximate surface area is 198 Å². The summed E-state index contributed by atoms with van der Waals surface area (Å²) in [5, 5.41) is 16.7. The molecular formula is C20H38N8O6. The highest BCUT2D eigenvalue weighted by atomic mass is 16.4. The third-order valence-corrected chi connectivity index (χ3v) is 5.14. The van der Waals surface area contributed by atoms with Crippen molar-refractivity contribution in [1.29, 1.82) is 0 Å². The lowest BCUT2D eigenvalue weighted by molar-refractivity contribution is -0.143. The van der Waals surface area contributed by atoms with Gasteiger partial charge in [0.05, 0.1) is 6.04 Å². The molecule has 5 atom stereocenters. The molecular weight excluding hydrogens is 448 g/mol. The minimum atomic E-state index is -1.35. The summed E-state index contributed by atoms with van der Waals surface area (Å²) >= 11 is 0. The number of amides is 4. The Kier molecular flexibility index (Phi) is 13.9. The van der Waals surface area contributed by atoms with E-state index in [4.69, 9.17) is 22.9 Å². The number of aliphatic carboxylic acids is 1. The zero-order valence-electron chi connectivity index (χ0n) is 19.9. The van der Waals surface area contributed by atoms with Crippen LogP contribution < -0.4 is 38.9 Å². The van der Waals surface area contributed by atoms with Crippen LogP contribution in [0.3, 0.4) is 0 Å². The first-order valence-electron chi connectivity index (χ1n) is 11.0. The Balaban J connectivity index is 5.04. The van der Waals surface area contributed by atoms with Gasteiger partial charge in [-0.2, -0.15) is 0 Å². The van der Waals surface area contributed by atoms with Gasteiger partial charge >= 0.3 is 5.97 Å². The van der Waals surface area contributed by atoms with Gasteiger partial charge in [0, 0.05) is 13.0 Å². The molecule has 0 rings (SSSR count). The molecule has 5 unspecified atom stereocenters. The number of nitrogens with zero attached hydrogens (tertiary/aromatic N) is 1. The smallest absolute Gasteiger partial charge is 0.326 e. The summed E-state index contributed by atoms with van der Waals surface area (Å²) in [4.78, 5) is 63.8. The van der Waals surface area contributed by atoms with E-state index >= 15 is 0 Å². The van der Waals surface area contributed by atoms with Crippen molar-refractivity contribution in [2.75, 3.05) is 6.54 Å². The van der Waals surface area contributed by atoms with Gasteiger partial charge < -0.3 is 44.0 Å². The summed E-state index contributed by atoms with van der Waals surface area (Å²) in [6.45, 7) is 5.24. The molecule has 0 aliphatic carbocycles. The molecule has 0 aliphatic rings. The molecule has 0 heterocycles. The summed E-state index contributed by atoms with van der Waals surface area (Å²) in [6, 6.07) is -4.32. The van der Waals surface area contributed by atoms with Gasteiger partial charge in [0.2, 0.25) is 23.6 Å². The summed E-state index contributed by atoms with van der Waals surface area (Å²) in [5.74, 6) is -4.39. The maximum Gasteiger partial charge on any atom is 0.326 e. The number of aliphatic imine (C=N–C) groups is 1. The number of carbonyl (C=O) groups excluding carboxylic acids is 4. The second-order valence-electron chi connectivity index (χ2n) is 8.06. The van der Waals surface area contributed by atoms with Crippen LogP contribution in [0.5, 0.6) is 0 Å². The van der Waals surface area contributed by atoms with Crippen LogP contribution in [0.1, 0.15) is 52.9 Å². The first-order valence-corrected chi connectivity index (χ1v) is 11.0. The summed E-state index contributed by atoms with van der Waals surface area (Å²) in [5.41, 5.74) is 21.3. The van der Waals surface area contributed by atoms with Crippen LogP contribution in [0, 0.1) is 5.92 Å². The zero-order valence-corrected chi connectivity index (χ0v) is 19.9. The van der Waals surface area contributed by atoms with Crippen molar-refractivity contribution < 1.29 is 29.1 Å². The van der Waals surface area contributed by atoms with Crippen LogP contribution >= 0.6 is 0 Å². The first-order chi connectivity index (χ1) is 15.8. The predicted octanol–water partition coefficient (Wildman–Crippen LogP) is -2.76. The molecule has 12 N–H and O–H groups in total. The Morgan fingerprint density at radius 3 is 2.03 bits per heavy atom. The second kappa shape index (κ2) is 15.4. The normalized spacial score (nSPS) is 15.1. The van der Waals surface area contributed by atoms with Gasteiger partial charge in [-0.05, 0) is 32.1 Å². The van der Waals surface area contributed by atoms with E-state index in [1.54, 1.807) is 13.8 Å². The van der Waals surface area contributed by atoms with E-state index in [9.17, 15) is 29.1 Å². The topological polar surface area (TPSA) is 258 Å². The number of carboxylic acid groups (broad SMARTS) is 1. The number of nitrogens with two attached hydrogens (primary N) is 4. The third kappa shape index (κ3) is 12.0. The molecule has 4 amide bonds. The molecule has 14 heteroatoms. The maximum absolute atomic E-state index is 12.7. The van der Waals surface area contributed by atoms with E-state index in [-0.39, 0.29) is 31.1 Å². The largest absolute Gasteiger partial charge is 0.480 e. The van der Waals surface area contributed by atoms with Gasteiger partial charge in [0.1, 0.15) is 18.1 Å². The highest BCUT2D eigenvalue weighted by Gasteiger charge is 2.31. The quantitative estimate of drug-likeness (QED) is 0.0637. The highest BCUT2D eigenvalue weighted by Crippen LogP contribution is 2.10. The van der Waals surface area contributed by atoms with Crippen LogP contribution in [-0.2, 0) is 24.0 Å². The molecule has 194 valence electrons. The number of carbonyl (C=O) groups is 5. The maximum atomic E-state index is 12.7. The third-order valence-electron chi connectivity index (χ3n) is 5.14. The molecule has 0 aromatic heterocycles. The van der Waals surface area contributed by atoms with E-state index in [1.807, 2.05) is 0 Å². The van der Waals surface area contributed by atoms with Crippen LogP contribution in [-0.4, -0.2) is 71.4 Å². The summed E-state index contributed by atoms with van der Waals surface area (Å²) < 4.78 is 0. The SMILES string of the molecule is CCC(C)C(NC(=O)C(C)NC(=O)C(N)CCCN=C(N)N)C(=O)NC(CCC(N)=O)C(=O)O. The monoisotopic (exact) mass is 486 g/mol. The number of hydrogen-bond acceptors (Lipinski definition) is 7. The molecule has 0 aromatic carbocycles. The van der Waals surface area contributed by atoms with Gasteiger partial charge in [-0.25, -0.2) is 4.79 Å². The van der Waals surface area contributed by atoms with Crippen molar-refractivity contribution in [3.05, 3.63) is 0 Å². The first kappa shape index (κ1) is 30.6. The number of hydrogen-bond donors (Lipinski definition) is 8. The number of carboxylic acids is 1. The fourth-order valence-electron chi connectivity index (χ4n) is 2.82. The van der Waals surface area contributed by atoms with Crippen LogP contribution in [0.15, 0.2) is 4.99 Å². The minimum Gasteiger partial charge on any atom is -0.480 e. The number of rotatable bonds is 16. The molecule has 0 aliphatic heterocycles. The molecule has 0 aromatic rings. The van der Waals surface area contributed by atoms with Crippen molar-refractivity contribution in [1.82, 2.24) is 16.0 Å². The zero-order chi connectivity index (χ0) is 26.4. The van der Waals surface area contributed by atoms with Crippen molar-refractivity contribution in [2.45, 2.75) is 77.0 Å². The fraction of sp³-hybridized carbons (Fsp3) is 0.700. The van der Waals surface area contributed by atoms with E-state index < -0.39 is 53.8 Å². The van der Waals surface area contributed by atoms with Crippen molar-refractivity contribution in [3.8, 4) is 0 Å². The molecule has 14 nitrogen and oxygen atoms in total. The van der Waals surface area contributed by atoms with E-state index in [1.165, 1.54) is 6.92 Å². The number of primary amides is 1. The van der Waals surface area contributed by atoms with E-state index in [2.05, 4.69) is 20.9 Å². The lowest BCUT2D eigenvalue weighted by atomic mass is 9.97. The predicted molar refractivity (Wildman–Crippen MR) is 125 cm³/mol. The number of nitrogens with one attached hydrogen (secondary N) is 3. The molecule has 0 bridgehead atoms. The Bertz CT molecular complexity index is 755. The van der Waals surface area contributed by atoms with Gasteiger partial charge in [-0.3, -0.25) is 24.2 Å². The van der Waals surface area contributed by atoms with Crippen molar-refractivity contribution in [2.24, 2.45) is 33.8 Å². The van der Waals surface area contributed by atoms with Crippen molar-refractivity contribution >= 4 is 35.6 Å². The van der Waals surface area contributed by atoms with Gasteiger partial charge in [0.15, 0.2) is 5.96 Å². The highest BCUT2D eigenvalue weighted by molar-refractivity contribution is 5.94. The van der Waals surface area contributed by atoms with Crippen molar-refractivity contribution in [3.63, 3.8) is 0 Å². The summed E-state index contributed by atoms with van der Waals surface area (Å²) in [7, 11) is 0. The standard InChI is InChI=1S/C20H38N8O6/c1-4-10(2)15(18(32)27-13(19(33)34)7-8-14(22)29)28-16(30)11(3)26-17(31)12(21)6-5-9-25-20(23)24/h10-13,15H,4-9,21H2,1-3H3,(H2,22,29)(H,26,31)(H,27,32)(H,28,30)(H,33,34)(H4,23,24,25). The average molecular weight is 487 g/mol. The summed E-state index contributed by atoms with van der Waals surface area (Å²) in [6.07, 6.45) is 0.831. The Hall–Kier alpha value is -3.42. The molecule has 0 spiro atoms. The fourth-order valence-corrected chi connectivity index (χ4v) is 2.82. The number of guanidine groups is 1. The molecule has 0 fully saturated rings. The van der Waals surface area contributed by atoms with E-state index in [0.717, 1.165) is 0 Å². The van der Waals surface area contributed by atoms with Crippen LogP contribution in [0.2, 0.25) is 0 Å². The molecule has 0 saturated carbocycles. The van der Waals surface area contributed by atoms with Crippen LogP contribution in [0.4, 0.5) is 0 Å². The molecule has 0 radical (unpaired) electrons. The Morgan fingerprint density at radius 2 is 1.53 bits per heavy atom. The lowest BCUT2D eigenvalue weighted by Gasteiger charge is -2.27. The van der Waals surface area contributed by atoms with Gasteiger partial charge in [0.25, 0.3) is 0 Å².